The minimum Gasteiger partial charge on any atom is -0.494 e. The van der Waals surface area contributed by atoms with Crippen LogP contribution in [0.25, 0.3) is 11.4 Å². The number of aromatic nitrogens is 2. The lowest BCUT2D eigenvalue weighted by Gasteiger charge is -2.03. The summed E-state index contributed by atoms with van der Waals surface area (Å²) >= 11 is 0. The smallest absolute Gasteiger partial charge is 0.243 e. The van der Waals surface area contributed by atoms with Gasteiger partial charge < -0.3 is 15.0 Å². The Hall–Kier alpha value is -1.88. The maximum Gasteiger partial charge on any atom is 0.243 e. The van der Waals surface area contributed by atoms with Gasteiger partial charge >= 0.3 is 0 Å². The van der Waals surface area contributed by atoms with Gasteiger partial charge in [-0.05, 0) is 25.5 Å². The molecule has 0 spiro atoms. The van der Waals surface area contributed by atoms with Crippen molar-refractivity contribution in [2.45, 2.75) is 32.7 Å². The molecule has 0 amide bonds. The van der Waals surface area contributed by atoms with Crippen LogP contribution in [0.2, 0.25) is 0 Å². The molecule has 1 aromatic heterocycles. The highest BCUT2D eigenvalue weighted by Crippen LogP contribution is 2.23. The molecule has 0 aliphatic rings. The van der Waals surface area contributed by atoms with E-state index in [9.17, 15) is 0 Å². The van der Waals surface area contributed by atoms with Gasteiger partial charge in [-0.15, -0.1) is 0 Å². The fourth-order valence-electron chi connectivity index (χ4n) is 1.83. The molecule has 0 fully saturated rings. The average molecular weight is 261 g/mol. The molecule has 5 heteroatoms. The molecular weight excluding hydrogens is 242 g/mol. The van der Waals surface area contributed by atoms with Crippen LogP contribution in [0.4, 0.5) is 0 Å². The van der Waals surface area contributed by atoms with Crippen LogP contribution in [0.3, 0.4) is 0 Å². The Morgan fingerprint density at radius 3 is 2.95 bits per heavy atom. The third-order valence-electron chi connectivity index (χ3n) is 2.76. The predicted molar refractivity (Wildman–Crippen MR) is 72.7 cm³/mol. The normalized spacial score (nSPS) is 12.4. The lowest BCUT2D eigenvalue weighted by atomic mass is 10.2. The van der Waals surface area contributed by atoms with Crippen LogP contribution in [-0.2, 0) is 0 Å². The quantitative estimate of drug-likeness (QED) is 0.865. The van der Waals surface area contributed by atoms with E-state index in [1.165, 1.54) is 0 Å². The molecule has 0 saturated carbocycles. The first-order valence-corrected chi connectivity index (χ1v) is 6.57. The second kappa shape index (κ2) is 6.33. The first kappa shape index (κ1) is 13.5. The number of nitrogens with zero attached hydrogens (tertiary/aromatic N) is 2. The van der Waals surface area contributed by atoms with Gasteiger partial charge in [0.2, 0.25) is 11.7 Å². The zero-order valence-corrected chi connectivity index (χ0v) is 11.3. The minimum absolute atomic E-state index is 0.193. The highest BCUT2D eigenvalue weighted by atomic mass is 16.5. The van der Waals surface area contributed by atoms with E-state index in [-0.39, 0.29) is 6.04 Å². The van der Waals surface area contributed by atoms with Crippen LogP contribution in [0.5, 0.6) is 5.75 Å². The third-order valence-corrected chi connectivity index (χ3v) is 2.76. The Bertz CT molecular complexity index is 525. The standard InChI is InChI=1S/C14H19N3O2/c1-3-6-12(15)14-16-13(17-19-14)10-7-5-8-11(9-10)18-4-2/h5,7-9,12H,3-4,6,15H2,1-2H3/t12-/m1/s1. The molecule has 5 nitrogen and oxygen atoms in total. The van der Waals surface area contributed by atoms with Gasteiger partial charge in [0.1, 0.15) is 5.75 Å². The van der Waals surface area contributed by atoms with Gasteiger partial charge in [0, 0.05) is 5.56 Å². The second-order valence-corrected chi connectivity index (χ2v) is 4.31. The van der Waals surface area contributed by atoms with E-state index >= 15 is 0 Å². The molecule has 2 N–H and O–H groups in total. The summed E-state index contributed by atoms with van der Waals surface area (Å²) in [5, 5.41) is 3.97. The van der Waals surface area contributed by atoms with Crippen molar-refractivity contribution < 1.29 is 9.26 Å². The van der Waals surface area contributed by atoms with E-state index in [1.54, 1.807) is 0 Å². The van der Waals surface area contributed by atoms with Crippen molar-refractivity contribution >= 4 is 0 Å². The monoisotopic (exact) mass is 261 g/mol. The molecule has 0 unspecified atom stereocenters. The summed E-state index contributed by atoms with van der Waals surface area (Å²) < 4.78 is 10.7. The molecule has 1 aromatic carbocycles. The van der Waals surface area contributed by atoms with Crippen LogP contribution in [0.1, 0.15) is 38.6 Å². The first-order chi connectivity index (χ1) is 9.24. The Morgan fingerprint density at radius 1 is 1.37 bits per heavy atom. The Morgan fingerprint density at radius 2 is 2.21 bits per heavy atom. The number of nitrogens with two attached hydrogens (primary N) is 1. The summed E-state index contributed by atoms with van der Waals surface area (Å²) in [4.78, 5) is 4.34. The summed E-state index contributed by atoms with van der Waals surface area (Å²) in [5.74, 6) is 1.82. The van der Waals surface area contributed by atoms with Gasteiger partial charge in [-0.3, -0.25) is 0 Å². The van der Waals surface area contributed by atoms with Crippen molar-refractivity contribution in [1.82, 2.24) is 10.1 Å². The molecule has 1 atom stereocenters. The van der Waals surface area contributed by atoms with Crippen molar-refractivity contribution in [3.63, 3.8) is 0 Å². The lowest BCUT2D eigenvalue weighted by molar-refractivity contribution is 0.340. The molecule has 19 heavy (non-hydrogen) atoms. The average Bonchev–Trinajstić information content (AvgIpc) is 2.89. The number of benzene rings is 1. The van der Waals surface area contributed by atoms with Crippen LogP contribution >= 0.6 is 0 Å². The van der Waals surface area contributed by atoms with Crippen LogP contribution in [0.15, 0.2) is 28.8 Å². The first-order valence-electron chi connectivity index (χ1n) is 6.57. The summed E-state index contributed by atoms with van der Waals surface area (Å²) in [7, 11) is 0. The molecule has 2 aromatic rings. The van der Waals surface area contributed by atoms with E-state index in [0.29, 0.717) is 18.3 Å². The molecular formula is C14H19N3O2. The number of hydrogen-bond acceptors (Lipinski definition) is 5. The van der Waals surface area contributed by atoms with Gasteiger partial charge in [0.05, 0.1) is 12.6 Å². The van der Waals surface area contributed by atoms with E-state index in [4.69, 9.17) is 15.0 Å². The summed E-state index contributed by atoms with van der Waals surface area (Å²) in [6.07, 6.45) is 1.82. The molecule has 0 radical (unpaired) electrons. The van der Waals surface area contributed by atoms with Crippen LogP contribution in [-0.4, -0.2) is 16.7 Å². The maximum atomic E-state index is 5.95. The summed E-state index contributed by atoms with van der Waals surface area (Å²) in [5.41, 5.74) is 6.82. The van der Waals surface area contributed by atoms with E-state index < -0.39 is 0 Å². The lowest BCUT2D eigenvalue weighted by Crippen LogP contribution is -2.09. The van der Waals surface area contributed by atoms with Crippen LogP contribution in [0, 0.1) is 0 Å². The summed E-state index contributed by atoms with van der Waals surface area (Å²) in [6, 6.07) is 7.42. The van der Waals surface area contributed by atoms with E-state index in [1.807, 2.05) is 31.2 Å². The highest BCUT2D eigenvalue weighted by molar-refractivity contribution is 5.56. The van der Waals surface area contributed by atoms with Gasteiger partial charge in [-0.25, -0.2) is 0 Å². The predicted octanol–water partition coefficient (Wildman–Crippen LogP) is 2.94. The molecule has 1 heterocycles. The topological polar surface area (TPSA) is 74.2 Å². The maximum absolute atomic E-state index is 5.95. The highest BCUT2D eigenvalue weighted by Gasteiger charge is 2.15. The van der Waals surface area contributed by atoms with Crippen molar-refractivity contribution in [2.75, 3.05) is 6.61 Å². The fraction of sp³-hybridized carbons (Fsp3) is 0.429. The van der Waals surface area contributed by atoms with Gasteiger partial charge in [-0.1, -0.05) is 30.6 Å². The molecule has 0 aliphatic carbocycles. The number of hydrogen-bond donors (Lipinski definition) is 1. The molecule has 0 bridgehead atoms. The zero-order valence-electron chi connectivity index (χ0n) is 11.3. The Labute approximate surface area is 112 Å². The third kappa shape index (κ3) is 3.32. The Kier molecular flexibility index (Phi) is 4.52. The van der Waals surface area contributed by atoms with Gasteiger partial charge in [0.25, 0.3) is 0 Å². The number of ether oxygens (including phenoxy) is 1. The van der Waals surface area contributed by atoms with Crippen molar-refractivity contribution in [1.29, 1.82) is 0 Å². The van der Waals surface area contributed by atoms with Crippen molar-refractivity contribution in [3.05, 3.63) is 30.2 Å². The van der Waals surface area contributed by atoms with Crippen molar-refractivity contribution in [2.24, 2.45) is 5.73 Å². The van der Waals surface area contributed by atoms with Crippen molar-refractivity contribution in [3.8, 4) is 17.1 Å². The van der Waals surface area contributed by atoms with E-state index in [2.05, 4.69) is 17.1 Å². The van der Waals surface area contributed by atoms with Gasteiger partial charge in [0.15, 0.2) is 0 Å². The summed E-state index contributed by atoms with van der Waals surface area (Å²) in [6.45, 7) is 4.65. The SMILES string of the molecule is CCC[C@@H](N)c1nc(-c2cccc(OCC)c2)no1. The Balaban J connectivity index is 2.20. The zero-order chi connectivity index (χ0) is 13.7. The minimum atomic E-state index is -0.193. The molecule has 102 valence electrons. The molecule has 2 rings (SSSR count). The largest absolute Gasteiger partial charge is 0.494 e. The van der Waals surface area contributed by atoms with Crippen LogP contribution < -0.4 is 10.5 Å². The number of rotatable bonds is 6. The van der Waals surface area contributed by atoms with E-state index in [0.717, 1.165) is 24.2 Å². The molecule has 0 aliphatic heterocycles. The molecule has 0 saturated heterocycles. The fourth-order valence-corrected chi connectivity index (χ4v) is 1.83. The van der Waals surface area contributed by atoms with Gasteiger partial charge in [-0.2, -0.15) is 4.98 Å². The second-order valence-electron chi connectivity index (χ2n) is 4.31.